The van der Waals surface area contributed by atoms with Gasteiger partial charge in [-0.1, -0.05) is 19.1 Å². The number of aryl methyl sites for hydroxylation is 1. The molecule has 0 radical (unpaired) electrons. The van der Waals surface area contributed by atoms with Crippen LogP contribution in [-0.2, 0) is 22.4 Å². The Balaban J connectivity index is 1.27. The van der Waals surface area contributed by atoms with Crippen LogP contribution in [0.4, 0.5) is 10.1 Å². The second kappa shape index (κ2) is 8.53. The molecule has 0 N–H and O–H groups in total. The highest BCUT2D eigenvalue weighted by Gasteiger charge is 2.25. The van der Waals surface area contributed by atoms with Crippen molar-refractivity contribution in [3.63, 3.8) is 0 Å². The number of fused-ring (bicyclic) bond motifs is 1. The van der Waals surface area contributed by atoms with Crippen molar-refractivity contribution in [3.05, 3.63) is 51.5 Å². The molecule has 1 aliphatic carbocycles. The minimum Gasteiger partial charge on any atom is -0.451 e. The zero-order valence-corrected chi connectivity index (χ0v) is 17.3. The number of para-hydroxylation sites is 1. The summed E-state index contributed by atoms with van der Waals surface area (Å²) in [5.41, 5.74) is 1.80. The number of rotatable bonds is 4. The maximum absolute atomic E-state index is 13.9. The number of amides is 1. The normalized spacial score (nSPS) is 19.0. The number of hydrogen-bond donors (Lipinski definition) is 0. The van der Waals surface area contributed by atoms with Crippen LogP contribution in [0.25, 0.3) is 0 Å². The molecule has 0 spiro atoms. The highest BCUT2D eigenvalue weighted by atomic mass is 32.1. The summed E-state index contributed by atoms with van der Waals surface area (Å²) in [6, 6.07) is 8.58. The van der Waals surface area contributed by atoms with Gasteiger partial charge in [0.05, 0.1) is 5.69 Å². The van der Waals surface area contributed by atoms with Gasteiger partial charge >= 0.3 is 5.97 Å². The van der Waals surface area contributed by atoms with Gasteiger partial charge in [-0.15, -0.1) is 11.3 Å². The summed E-state index contributed by atoms with van der Waals surface area (Å²) in [6.07, 6.45) is 3.17. The summed E-state index contributed by atoms with van der Waals surface area (Å²) in [4.78, 5) is 30.3. The maximum Gasteiger partial charge on any atom is 0.348 e. The van der Waals surface area contributed by atoms with Crippen molar-refractivity contribution in [2.75, 3.05) is 37.7 Å². The Bertz CT molecular complexity index is 905. The van der Waals surface area contributed by atoms with Crippen LogP contribution in [0.5, 0.6) is 0 Å². The fraction of sp³-hybridized carbons (Fsp3) is 0.455. The van der Waals surface area contributed by atoms with Crippen molar-refractivity contribution in [2.24, 2.45) is 5.92 Å². The topological polar surface area (TPSA) is 49.9 Å². The molecule has 29 heavy (non-hydrogen) atoms. The molecule has 1 aromatic carbocycles. The van der Waals surface area contributed by atoms with E-state index in [-0.39, 0.29) is 18.3 Å². The van der Waals surface area contributed by atoms with Gasteiger partial charge < -0.3 is 14.5 Å². The van der Waals surface area contributed by atoms with Gasteiger partial charge in [0, 0.05) is 31.1 Å². The van der Waals surface area contributed by atoms with Gasteiger partial charge in [-0.3, -0.25) is 4.79 Å². The second-order valence-corrected chi connectivity index (χ2v) is 8.94. The number of hydrogen-bond acceptors (Lipinski definition) is 5. The number of anilines is 1. The Morgan fingerprint density at radius 1 is 1.21 bits per heavy atom. The minimum atomic E-state index is -0.421. The van der Waals surface area contributed by atoms with Crippen LogP contribution in [-0.4, -0.2) is 49.6 Å². The van der Waals surface area contributed by atoms with Crippen molar-refractivity contribution in [1.29, 1.82) is 0 Å². The van der Waals surface area contributed by atoms with E-state index in [1.54, 1.807) is 23.1 Å². The summed E-state index contributed by atoms with van der Waals surface area (Å²) < 4.78 is 19.2. The molecule has 1 saturated heterocycles. The van der Waals surface area contributed by atoms with Gasteiger partial charge in [0.15, 0.2) is 6.61 Å². The molecule has 1 aliphatic heterocycles. The first-order valence-electron chi connectivity index (χ1n) is 10.1. The summed E-state index contributed by atoms with van der Waals surface area (Å²) in [5, 5.41) is 0. The lowest BCUT2D eigenvalue weighted by Gasteiger charge is -2.36. The molecule has 5 nitrogen and oxygen atoms in total. The summed E-state index contributed by atoms with van der Waals surface area (Å²) in [5.74, 6) is -0.239. The van der Waals surface area contributed by atoms with Crippen molar-refractivity contribution in [1.82, 2.24) is 4.90 Å². The van der Waals surface area contributed by atoms with Crippen LogP contribution in [0, 0.1) is 11.7 Å². The summed E-state index contributed by atoms with van der Waals surface area (Å²) in [7, 11) is 0. The molecule has 0 bridgehead atoms. The molecule has 7 heteroatoms. The molecule has 2 heterocycles. The average molecular weight is 417 g/mol. The molecule has 0 saturated carbocycles. The number of carbonyl (C=O) groups excluding carboxylic acids is 2. The third kappa shape index (κ3) is 4.45. The number of carbonyl (C=O) groups is 2. The van der Waals surface area contributed by atoms with Crippen molar-refractivity contribution >= 4 is 28.9 Å². The number of benzene rings is 1. The van der Waals surface area contributed by atoms with Gasteiger partial charge in [0.2, 0.25) is 0 Å². The van der Waals surface area contributed by atoms with Gasteiger partial charge in [-0.25, -0.2) is 9.18 Å². The van der Waals surface area contributed by atoms with E-state index in [9.17, 15) is 14.0 Å². The predicted octanol–water partition coefficient (Wildman–Crippen LogP) is 3.52. The van der Waals surface area contributed by atoms with E-state index in [1.807, 2.05) is 11.0 Å². The molecule has 2 aliphatic rings. The number of ether oxygens (including phenoxy) is 1. The SMILES string of the molecule is CC1CCc2sc(C(=O)OCC(=O)N3CCN(c4ccccc4F)CC3)cc2C1. The molecular formula is C22H25FN2O3S. The van der Waals surface area contributed by atoms with E-state index in [0.717, 1.165) is 19.3 Å². The summed E-state index contributed by atoms with van der Waals surface area (Å²) in [6.45, 7) is 4.04. The quantitative estimate of drug-likeness (QED) is 0.716. The molecule has 1 aromatic heterocycles. The van der Waals surface area contributed by atoms with Crippen LogP contribution < -0.4 is 4.90 Å². The van der Waals surface area contributed by atoms with Crippen molar-refractivity contribution in [3.8, 4) is 0 Å². The third-order valence-corrected chi connectivity index (χ3v) is 6.90. The zero-order valence-electron chi connectivity index (χ0n) is 16.5. The largest absolute Gasteiger partial charge is 0.451 e. The lowest BCUT2D eigenvalue weighted by molar-refractivity contribution is -0.134. The van der Waals surface area contributed by atoms with Gasteiger partial charge in [0.1, 0.15) is 10.7 Å². The molecule has 1 atom stereocenters. The first kappa shape index (κ1) is 19.9. The molecule has 154 valence electrons. The average Bonchev–Trinajstić information content (AvgIpc) is 3.15. The van der Waals surface area contributed by atoms with Crippen LogP contribution >= 0.6 is 11.3 Å². The van der Waals surface area contributed by atoms with Crippen LogP contribution in [0.1, 0.15) is 33.5 Å². The fourth-order valence-electron chi connectivity index (χ4n) is 4.00. The Kier molecular flexibility index (Phi) is 5.85. The number of piperazine rings is 1. The third-order valence-electron chi connectivity index (χ3n) is 5.68. The predicted molar refractivity (Wildman–Crippen MR) is 111 cm³/mol. The molecule has 1 fully saturated rings. The highest BCUT2D eigenvalue weighted by molar-refractivity contribution is 7.14. The van der Waals surface area contributed by atoms with Gasteiger partial charge in [-0.05, 0) is 48.9 Å². The second-order valence-electron chi connectivity index (χ2n) is 7.80. The van der Waals surface area contributed by atoms with E-state index in [1.165, 1.54) is 27.8 Å². The minimum absolute atomic E-state index is 0.207. The smallest absolute Gasteiger partial charge is 0.348 e. The van der Waals surface area contributed by atoms with E-state index >= 15 is 0 Å². The Morgan fingerprint density at radius 3 is 2.72 bits per heavy atom. The zero-order chi connectivity index (χ0) is 20.4. The number of nitrogens with zero attached hydrogens (tertiary/aromatic N) is 2. The van der Waals surface area contributed by atoms with Crippen molar-refractivity contribution in [2.45, 2.75) is 26.2 Å². The van der Waals surface area contributed by atoms with Gasteiger partial charge in [-0.2, -0.15) is 0 Å². The number of esters is 1. The monoisotopic (exact) mass is 416 g/mol. The Labute approximate surface area is 174 Å². The Hall–Kier alpha value is -2.41. The standard InChI is InChI=1S/C22H25FN2O3S/c1-15-6-7-19-16(12-15)13-20(29-19)22(27)28-14-21(26)25-10-8-24(9-11-25)18-5-3-2-4-17(18)23/h2-5,13,15H,6-12,14H2,1H3. The maximum atomic E-state index is 13.9. The van der Waals surface area contributed by atoms with Gasteiger partial charge in [0.25, 0.3) is 5.91 Å². The van der Waals surface area contributed by atoms with E-state index in [2.05, 4.69) is 6.92 Å². The number of halogens is 1. The van der Waals surface area contributed by atoms with Crippen molar-refractivity contribution < 1.29 is 18.7 Å². The fourth-order valence-corrected chi connectivity index (χ4v) is 5.10. The lowest BCUT2D eigenvalue weighted by atomic mass is 9.90. The van der Waals surface area contributed by atoms with E-state index in [0.29, 0.717) is 42.7 Å². The first-order chi connectivity index (χ1) is 14.0. The molecule has 4 rings (SSSR count). The molecule has 1 amide bonds. The van der Waals surface area contributed by atoms with Crippen LogP contribution in [0.2, 0.25) is 0 Å². The summed E-state index contributed by atoms with van der Waals surface area (Å²) >= 11 is 1.49. The highest BCUT2D eigenvalue weighted by Crippen LogP contribution is 2.32. The molecule has 1 unspecified atom stereocenters. The number of thiophene rings is 1. The van der Waals surface area contributed by atoms with Crippen LogP contribution in [0.3, 0.4) is 0 Å². The van der Waals surface area contributed by atoms with E-state index in [4.69, 9.17) is 4.74 Å². The first-order valence-corrected chi connectivity index (χ1v) is 10.9. The van der Waals surface area contributed by atoms with E-state index < -0.39 is 5.97 Å². The Morgan fingerprint density at radius 2 is 1.97 bits per heavy atom. The molecular weight excluding hydrogens is 391 g/mol. The lowest BCUT2D eigenvalue weighted by Crippen LogP contribution is -2.50. The molecule has 2 aromatic rings. The van der Waals surface area contributed by atoms with Crippen LogP contribution in [0.15, 0.2) is 30.3 Å².